The number of hydrogen-bond donors (Lipinski definition) is 1. The summed E-state index contributed by atoms with van der Waals surface area (Å²) in [5, 5.41) is 9.32. The zero-order valence-electron chi connectivity index (χ0n) is 5.39. The molecule has 0 aromatic heterocycles. The molecule has 1 aromatic rings. The Labute approximate surface area is 86.6 Å². The molecule has 1 unspecified atom stereocenters. The lowest BCUT2D eigenvalue weighted by Gasteiger charge is -2.13. The van der Waals surface area contributed by atoms with Crippen LogP contribution in [-0.4, -0.2) is 5.11 Å². The van der Waals surface area contributed by atoms with E-state index in [0.717, 1.165) is 4.47 Å². The summed E-state index contributed by atoms with van der Waals surface area (Å²) >= 11 is 11.8. The second kappa shape index (κ2) is 3.44. The Hall–Kier alpha value is 0.430. The minimum Gasteiger partial charge on any atom is -0.362 e. The number of rotatable bonds is 1. The van der Waals surface area contributed by atoms with Crippen LogP contribution < -0.4 is 0 Å². The molecule has 1 nitrogen and oxygen atoms in total. The Morgan fingerprint density at radius 1 is 1.36 bits per heavy atom. The highest BCUT2D eigenvalue weighted by Gasteiger charge is 2.23. The van der Waals surface area contributed by atoms with Gasteiger partial charge >= 0.3 is 0 Å². The van der Waals surface area contributed by atoms with Crippen LogP contribution in [-0.2, 0) is 3.97 Å². The fraction of sp³-hybridized carbons (Fsp3) is 0.143. The van der Waals surface area contributed by atoms with Gasteiger partial charge in [-0.2, -0.15) is 0 Å². The van der Waals surface area contributed by atoms with Gasteiger partial charge in [-0.15, -0.1) is 0 Å². The zero-order valence-corrected chi connectivity index (χ0v) is 9.32. The first-order valence-electron chi connectivity index (χ1n) is 2.87. The number of alkyl halides is 2. The molecule has 60 valence electrons. The molecule has 1 rings (SSSR count). The van der Waals surface area contributed by atoms with Crippen LogP contribution in [0.5, 0.6) is 0 Å². The summed E-state index contributed by atoms with van der Waals surface area (Å²) in [5.41, 5.74) is 0.599. The molecule has 0 fully saturated rings. The minimum atomic E-state index is -1.48. The lowest BCUT2D eigenvalue weighted by atomic mass is 10.2. The summed E-state index contributed by atoms with van der Waals surface area (Å²) in [6.07, 6.45) is 0. The van der Waals surface area contributed by atoms with Gasteiger partial charge in [-0.1, -0.05) is 45.7 Å². The van der Waals surface area contributed by atoms with Gasteiger partial charge in [0.2, 0.25) is 3.97 Å². The smallest absolute Gasteiger partial charge is 0.222 e. The van der Waals surface area contributed by atoms with Crippen molar-refractivity contribution in [3.8, 4) is 0 Å². The number of aliphatic hydroxyl groups is 1. The third-order valence-corrected chi connectivity index (χ3v) is 2.52. The average molecular weight is 300 g/mol. The maximum absolute atomic E-state index is 9.32. The van der Waals surface area contributed by atoms with Crippen molar-refractivity contribution in [3.63, 3.8) is 0 Å². The summed E-state index contributed by atoms with van der Waals surface area (Å²) in [6, 6.07) is 7.19. The van der Waals surface area contributed by atoms with Gasteiger partial charge < -0.3 is 5.11 Å². The van der Waals surface area contributed by atoms with E-state index in [1.165, 1.54) is 0 Å². The lowest BCUT2D eigenvalue weighted by molar-refractivity contribution is 0.233. The maximum Gasteiger partial charge on any atom is 0.222 e. The largest absolute Gasteiger partial charge is 0.362 e. The van der Waals surface area contributed by atoms with Crippen LogP contribution in [0.3, 0.4) is 0 Å². The third kappa shape index (κ3) is 2.44. The molecule has 1 N–H and O–H groups in total. The zero-order chi connectivity index (χ0) is 8.48. The van der Waals surface area contributed by atoms with Gasteiger partial charge in [-0.3, -0.25) is 0 Å². The first kappa shape index (κ1) is 9.52. The Morgan fingerprint density at radius 2 is 1.91 bits per heavy atom. The standard InChI is InChI=1S/C7H5Br2ClO/c8-6-4-2-1-3-5(6)7(9,10)11/h1-4,11H. The van der Waals surface area contributed by atoms with E-state index in [2.05, 4.69) is 31.9 Å². The molecule has 0 heterocycles. The van der Waals surface area contributed by atoms with Crippen molar-refractivity contribution in [2.75, 3.05) is 0 Å². The van der Waals surface area contributed by atoms with Gasteiger partial charge in [0.05, 0.1) is 0 Å². The molecule has 0 spiro atoms. The molecule has 1 atom stereocenters. The molecule has 0 aliphatic heterocycles. The fourth-order valence-corrected chi connectivity index (χ4v) is 2.17. The van der Waals surface area contributed by atoms with Crippen molar-refractivity contribution in [1.29, 1.82) is 0 Å². The molecule has 0 bridgehead atoms. The van der Waals surface area contributed by atoms with Crippen LogP contribution in [0.25, 0.3) is 0 Å². The van der Waals surface area contributed by atoms with Gasteiger partial charge in [-0.25, -0.2) is 0 Å². The summed E-state index contributed by atoms with van der Waals surface area (Å²) < 4.78 is -0.707. The van der Waals surface area contributed by atoms with E-state index in [-0.39, 0.29) is 0 Å². The monoisotopic (exact) mass is 298 g/mol. The molecular weight excluding hydrogens is 295 g/mol. The van der Waals surface area contributed by atoms with Crippen molar-refractivity contribution >= 4 is 43.5 Å². The fourth-order valence-electron chi connectivity index (χ4n) is 0.705. The van der Waals surface area contributed by atoms with E-state index in [1.807, 2.05) is 12.1 Å². The summed E-state index contributed by atoms with van der Waals surface area (Å²) in [6.45, 7) is 0. The first-order chi connectivity index (χ1) is 5.02. The molecule has 1 aromatic carbocycles. The van der Waals surface area contributed by atoms with E-state index >= 15 is 0 Å². The molecule has 0 saturated carbocycles. The normalized spacial score (nSPS) is 16.0. The molecule has 0 aliphatic carbocycles. The van der Waals surface area contributed by atoms with Crippen LogP contribution in [0.4, 0.5) is 0 Å². The molecule has 4 heteroatoms. The van der Waals surface area contributed by atoms with E-state index in [0.29, 0.717) is 5.56 Å². The van der Waals surface area contributed by atoms with Crippen LogP contribution in [0.15, 0.2) is 28.7 Å². The van der Waals surface area contributed by atoms with Gasteiger partial charge in [0.15, 0.2) is 0 Å². The minimum absolute atomic E-state index is 0.599. The molecule has 0 aliphatic rings. The summed E-state index contributed by atoms with van der Waals surface area (Å²) in [4.78, 5) is 0. The quantitative estimate of drug-likeness (QED) is 0.790. The van der Waals surface area contributed by atoms with Gasteiger partial charge in [0.25, 0.3) is 0 Å². The van der Waals surface area contributed by atoms with Crippen LogP contribution >= 0.6 is 43.5 Å². The molecule has 11 heavy (non-hydrogen) atoms. The highest BCUT2D eigenvalue weighted by atomic mass is 79.9. The Kier molecular flexibility index (Phi) is 2.97. The summed E-state index contributed by atoms with van der Waals surface area (Å²) in [7, 11) is 0. The number of halogens is 3. The second-order valence-electron chi connectivity index (χ2n) is 2.02. The SMILES string of the molecule is OC(Cl)(Br)c1ccccc1Br. The van der Waals surface area contributed by atoms with Gasteiger partial charge in [0.1, 0.15) is 0 Å². The van der Waals surface area contributed by atoms with Gasteiger partial charge in [0, 0.05) is 10.0 Å². The second-order valence-corrected chi connectivity index (χ2v) is 5.03. The average Bonchev–Trinajstić information content (AvgIpc) is 1.86. The molecule has 0 radical (unpaired) electrons. The van der Waals surface area contributed by atoms with E-state index in [4.69, 9.17) is 11.6 Å². The lowest BCUT2D eigenvalue weighted by Crippen LogP contribution is -2.07. The van der Waals surface area contributed by atoms with Gasteiger partial charge in [-0.05, 0) is 22.0 Å². The first-order valence-corrected chi connectivity index (χ1v) is 4.83. The highest BCUT2D eigenvalue weighted by Crippen LogP contribution is 2.36. The number of hydrogen-bond acceptors (Lipinski definition) is 1. The van der Waals surface area contributed by atoms with Crippen LogP contribution in [0, 0.1) is 0 Å². The summed E-state index contributed by atoms with van der Waals surface area (Å²) in [5.74, 6) is 0. The van der Waals surface area contributed by atoms with Crippen LogP contribution in [0.1, 0.15) is 5.56 Å². The van der Waals surface area contributed by atoms with Crippen LogP contribution in [0.2, 0.25) is 0 Å². The van der Waals surface area contributed by atoms with Crippen molar-refractivity contribution < 1.29 is 5.11 Å². The van der Waals surface area contributed by atoms with Crippen molar-refractivity contribution in [2.24, 2.45) is 0 Å². The van der Waals surface area contributed by atoms with Crippen molar-refractivity contribution in [1.82, 2.24) is 0 Å². The van der Waals surface area contributed by atoms with E-state index in [1.54, 1.807) is 12.1 Å². The Balaban J connectivity index is 3.14. The highest BCUT2D eigenvalue weighted by molar-refractivity contribution is 9.11. The predicted octanol–water partition coefficient (Wildman–Crippen LogP) is 3.19. The van der Waals surface area contributed by atoms with Crippen molar-refractivity contribution in [3.05, 3.63) is 34.3 Å². The molecular formula is C7H5Br2ClO. The van der Waals surface area contributed by atoms with Crippen molar-refractivity contribution in [2.45, 2.75) is 3.97 Å². The maximum atomic E-state index is 9.32. The predicted molar refractivity (Wildman–Crippen MR) is 52.8 cm³/mol. The Bertz CT molecular complexity index is 257. The van der Waals surface area contributed by atoms with E-state index < -0.39 is 3.97 Å². The molecule has 0 saturated heterocycles. The Morgan fingerprint density at radius 3 is 2.27 bits per heavy atom. The number of benzene rings is 1. The van der Waals surface area contributed by atoms with E-state index in [9.17, 15) is 5.11 Å². The topological polar surface area (TPSA) is 20.2 Å². The third-order valence-electron chi connectivity index (χ3n) is 1.20. The molecule has 0 amide bonds.